The second kappa shape index (κ2) is 8.08. The fourth-order valence-corrected chi connectivity index (χ4v) is 2.87. The van der Waals surface area contributed by atoms with Crippen LogP contribution in [0.5, 0.6) is 5.75 Å². The molecule has 6 nitrogen and oxygen atoms in total. The zero-order chi connectivity index (χ0) is 18.6. The van der Waals surface area contributed by atoms with Gasteiger partial charge in [-0.15, -0.1) is 0 Å². The SMILES string of the molecule is COC(=O)c1ccc(Br)cc1OC1CCN(C(=O)OC(C)(C)C)CC1. The van der Waals surface area contributed by atoms with Crippen molar-refractivity contribution in [3.63, 3.8) is 0 Å². The summed E-state index contributed by atoms with van der Waals surface area (Å²) in [6, 6.07) is 5.19. The van der Waals surface area contributed by atoms with E-state index in [0.717, 1.165) is 4.47 Å². The maximum atomic E-state index is 12.1. The molecule has 0 spiro atoms. The first-order chi connectivity index (χ1) is 11.7. The van der Waals surface area contributed by atoms with Gasteiger partial charge in [0.25, 0.3) is 0 Å². The zero-order valence-corrected chi connectivity index (χ0v) is 16.6. The van der Waals surface area contributed by atoms with Crippen LogP contribution in [0, 0.1) is 0 Å². The molecule has 0 unspecified atom stereocenters. The van der Waals surface area contributed by atoms with Gasteiger partial charge in [0.05, 0.1) is 7.11 Å². The van der Waals surface area contributed by atoms with Crippen LogP contribution in [0.25, 0.3) is 0 Å². The molecule has 1 aromatic carbocycles. The maximum Gasteiger partial charge on any atom is 0.410 e. The molecule has 0 aromatic heterocycles. The Labute approximate surface area is 156 Å². The smallest absolute Gasteiger partial charge is 0.410 e. The molecule has 0 bridgehead atoms. The topological polar surface area (TPSA) is 65.1 Å². The zero-order valence-electron chi connectivity index (χ0n) is 15.0. The molecular weight excluding hydrogens is 390 g/mol. The van der Waals surface area contributed by atoms with E-state index < -0.39 is 11.6 Å². The predicted molar refractivity (Wildman–Crippen MR) is 96.9 cm³/mol. The molecule has 1 aliphatic heterocycles. The van der Waals surface area contributed by atoms with Gasteiger partial charge in [0.1, 0.15) is 23.0 Å². The number of halogens is 1. The van der Waals surface area contributed by atoms with Gasteiger partial charge in [0.15, 0.2) is 0 Å². The van der Waals surface area contributed by atoms with Crippen molar-refractivity contribution in [3.05, 3.63) is 28.2 Å². The second-order valence-electron chi connectivity index (χ2n) is 6.92. The largest absolute Gasteiger partial charge is 0.489 e. The molecule has 0 radical (unpaired) electrons. The molecule has 25 heavy (non-hydrogen) atoms. The van der Waals surface area contributed by atoms with Crippen molar-refractivity contribution in [2.24, 2.45) is 0 Å². The highest BCUT2D eigenvalue weighted by Gasteiger charge is 2.28. The summed E-state index contributed by atoms with van der Waals surface area (Å²) in [5.41, 5.74) is -0.115. The third-order valence-corrected chi connectivity index (χ3v) is 4.23. The average Bonchev–Trinajstić information content (AvgIpc) is 2.53. The van der Waals surface area contributed by atoms with E-state index in [1.807, 2.05) is 20.8 Å². The van der Waals surface area contributed by atoms with Crippen molar-refractivity contribution < 1.29 is 23.8 Å². The van der Waals surface area contributed by atoms with Gasteiger partial charge >= 0.3 is 12.1 Å². The Balaban J connectivity index is 1.97. The van der Waals surface area contributed by atoms with Gasteiger partial charge in [-0.2, -0.15) is 0 Å². The van der Waals surface area contributed by atoms with Crippen molar-refractivity contribution in [1.29, 1.82) is 0 Å². The number of carbonyl (C=O) groups excluding carboxylic acids is 2. The number of piperidine rings is 1. The Morgan fingerprint density at radius 1 is 1.20 bits per heavy atom. The van der Waals surface area contributed by atoms with Gasteiger partial charge < -0.3 is 19.1 Å². The standard InChI is InChI=1S/C18H24BrNO5/c1-18(2,3)25-17(22)20-9-7-13(8-10-20)24-15-11-12(19)5-6-14(15)16(21)23-4/h5-6,11,13H,7-10H2,1-4H3. The number of carbonyl (C=O) groups is 2. The van der Waals surface area contributed by atoms with E-state index in [4.69, 9.17) is 14.2 Å². The Kier molecular flexibility index (Phi) is 6.32. The summed E-state index contributed by atoms with van der Waals surface area (Å²) in [7, 11) is 1.34. The second-order valence-corrected chi connectivity index (χ2v) is 7.83. The first-order valence-corrected chi connectivity index (χ1v) is 9.01. The molecule has 0 atom stereocenters. The van der Waals surface area contributed by atoms with Crippen LogP contribution >= 0.6 is 15.9 Å². The van der Waals surface area contributed by atoms with Crippen molar-refractivity contribution in [1.82, 2.24) is 4.90 Å². The molecular formula is C18H24BrNO5. The summed E-state index contributed by atoms with van der Waals surface area (Å²) in [4.78, 5) is 25.7. The number of amides is 1. The summed E-state index contributed by atoms with van der Waals surface area (Å²) in [5.74, 6) is 0.0469. The number of rotatable bonds is 3. The lowest BCUT2D eigenvalue weighted by atomic mass is 10.1. The van der Waals surface area contributed by atoms with E-state index in [1.54, 1.807) is 23.1 Å². The van der Waals surface area contributed by atoms with E-state index >= 15 is 0 Å². The van der Waals surface area contributed by atoms with Crippen molar-refractivity contribution in [2.45, 2.75) is 45.3 Å². The number of ether oxygens (including phenoxy) is 3. The van der Waals surface area contributed by atoms with Crippen LogP contribution in [0.2, 0.25) is 0 Å². The number of benzene rings is 1. The third-order valence-electron chi connectivity index (χ3n) is 3.74. The molecule has 138 valence electrons. The van der Waals surface area contributed by atoms with Crippen LogP contribution in [-0.2, 0) is 9.47 Å². The predicted octanol–water partition coefficient (Wildman–Crippen LogP) is 4.01. The number of hydrogen-bond donors (Lipinski definition) is 0. The molecule has 1 aliphatic rings. The molecule has 0 N–H and O–H groups in total. The summed E-state index contributed by atoms with van der Waals surface area (Å²) >= 11 is 3.39. The van der Waals surface area contributed by atoms with Crippen LogP contribution < -0.4 is 4.74 Å². The Bertz CT molecular complexity index is 633. The highest BCUT2D eigenvalue weighted by molar-refractivity contribution is 9.10. The first-order valence-electron chi connectivity index (χ1n) is 8.22. The molecule has 1 heterocycles. The van der Waals surface area contributed by atoms with Gasteiger partial charge in [-0.1, -0.05) is 15.9 Å². The minimum Gasteiger partial charge on any atom is -0.489 e. The first kappa shape index (κ1) is 19.6. The molecule has 2 rings (SSSR count). The van der Waals surface area contributed by atoms with Crippen LogP contribution in [-0.4, -0.2) is 48.9 Å². The fourth-order valence-electron chi connectivity index (χ4n) is 2.53. The van der Waals surface area contributed by atoms with Gasteiger partial charge in [-0.25, -0.2) is 9.59 Å². The van der Waals surface area contributed by atoms with Crippen LogP contribution in [0.3, 0.4) is 0 Å². The quantitative estimate of drug-likeness (QED) is 0.700. The van der Waals surface area contributed by atoms with Gasteiger partial charge in [0.2, 0.25) is 0 Å². The summed E-state index contributed by atoms with van der Waals surface area (Å²) in [6.45, 7) is 6.66. The summed E-state index contributed by atoms with van der Waals surface area (Å²) < 4.78 is 17.0. The molecule has 1 aromatic rings. The van der Waals surface area contributed by atoms with Crippen molar-refractivity contribution >= 4 is 28.0 Å². The Morgan fingerprint density at radius 3 is 2.40 bits per heavy atom. The Morgan fingerprint density at radius 2 is 1.84 bits per heavy atom. The highest BCUT2D eigenvalue weighted by Crippen LogP contribution is 2.28. The van der Waals surface area contributed by atoms with E-state index in [0.29, 0.717) is 37.2 Å². The number of nitrogens with zero attached hydrogens (tertiary/aromatic N) is 1. The van der Waals surface area contributed by atoms with Crippen LogP contribution in [0.4, 0.5) is 4.79 Å². The maximum absolute atomic E-state index is 12.1. The fraction of sp³-hybridized carbons (Fsp3) is 0.556. The average molecular weight is 414 g/mol. The van der Waals surface area contributed by atoms with Gasteiger partial charge in [-0.3, -0.25) is 0 Å². The van der Waals surface area contributed by atoms with Crippen molar-refractivity contribution in [3.8, 4) is 5.75 Å². The van der Waals surface area contributed by atoms with E-state index in [-0.39, 0.29) is 12.2 Å². The van der Waals surface area contributed by atoms with Crippen LogP contribution in [0.15, 0.2) is 22.7 Å². The molecule has 0 saturated carbocycles. The summed E-state index contributed by atoms with van der Waals surface area (Å²) in [6.07, 6.45) is 0.971. The number of hydrogen-bond acceptors (Lipinski definition) is 5. The highest BCUT2D eigenvalue weighted by atomic mass is 79.9. The normalized spacial score (nSPS) is 15.6. The molecule has 1 saturated heterocycles. The lowest BCUT2D eigenvalue weighted by Crippen LogP contribution is -2.44. The van der Waals surface area contributed by atoms with E-state index in [9.17, 15) is 9.59 Å². The lowest BCUT2D eigenvalue weighted by Gasteiger charge is -2.33. The lowest BCUT2D eigenvalue weighted by molar-refractivity contribution is 0.0126. The number of likely N-dealkylation sites (tertiary alicyclic amines) is 1. The molecule has 0 aliphatic carbocycles. The number of methoxy groups -OCH3 is 1. The number of esters is 1. The molecule has 7 heteroatoms. The van der Waals surface area contributed by atoms with Gasteiger partial charge in [-0.05, 0) is 39.0 Å². The van der Waals surface area contributed by atoms with Gasteiger partial charge in [0, 0.05) is 30.4 Å². The summed E-state index contributed by atoms with van der Waals surface area (Å²) in [5, 5.41) is 0. The van der Waals surface area contributed by atoms with E-state index in [2.05, 4.69) is 15.9 Å². The van der Waals surface area contributed by atoms with Crippen molar-refractivity contribution in [2.75, 3.05) is 20.2 Å². The molecule has 1 fully saturated rings. The monoisotopic (exact) mass is 413 g/mol. The van der Waals surface area contributed by atoms with E-state index in [1.165, 1.54) is 7.11 Å². The minimum atomic E-state index is -0.504. The van der Waals surface area contributed by atoms with Crippen LogP contribution in [0.1, 0.15) is 44.0 Å². The molecule has 1 amide bonds. The Hall–Kier alpha value is -1.76. The minimum absolute atomic E-state index is 0.0728. The third kappa shape index (κ3) is 5.63.